The molecule has 1 aromatic heterocycles. The molecular weight excluding hydrogens is 439 g/mol. The fourth-order valence-corrected chi connectivity index (χ4v) is 2.25. The van der Waals surface area contributed by atoms with Crippen molar-refractivity contribution in [3.8, 4) is 0 Å². The predicted molar refractivity (Wildman–Crippen MR) is 88.9 cm³/mol. The van der Waals surface area contributed by atoms with Crippen LogP contribution in [0.4, 0.5) is 24.5 Å². The number of carbonyl (C=O) groups excluding carboxylic acids is 2. The Morgan fingerprint density at radius 1 is 1.26 bits per heavy atom. The van der Waals surface area contributed by atoms with E-state index in [0.717, 1.165) is 6.07 Å². The zero-order chi connectivity index (χ0) is 20.2. The molecule has 8 nitrogen and oxygen atoms in total. The Labute approximate surface area is 157 Å². The summed E-state index contributed by atoms with van der Waals surface area (Å²) >= 11 is 3.10. The molecule has 0 saturated heterocycles. The van der Waals surface area contributed by atoms with Crippen LogP contribution in [0.15, 0.2) is 41.1 Å². The lowest BCUT2D eigenvalue weighted by molar-refractivity contribution is -0.384. The SMILES string of the molecule is O=C(COC(=O)c1cncc(Br)c1)Nc1ccc(C(F)(F)F)cc1[N+](=O)[O-]. The van der Waals surface area contributed by atoms with Crippen molar-refractivity contribution < 1.29 is 32.4 Å². The number of ether oxygens (including phenoxy) is 1. The molecule has 2 aromatic rings. The first-order chi connectivity index (χ1) is 12.6. The third-order valence-corrected chi connectivity index (χ3v) is 3.50. The molecule has 1 aromatic carbocycles. The molecule has 1 N–H and O–H groups in total. The van der Waals surface area contributed by atoms with Crippen LogP contribution < -0.4 is 5.32 Å². The van der Waals surface area contributed by atoms with Gasteiger partial charge in [0.15, 0.2) is 6.61 Å². The highest BCUT2D eigenvalue weighted by Gasteiger charge is 2.33. The Morgan fingerprint density at radius 2 is 1.96 bits per heavy atom. The number of pyridine rings is 1. The van der Waals surface area contributed by atoms with E-state index in [9.17, 15) is 32.9 Å². The first kappa shape index (κ1) is 20.3. The quantitative estimate of drug-likeness (QED) is 0.426. The van der Waals surface area contributed by atoms with Crippen molar-refractivity contribution in [2.45, 2.75) is 6.18 Å². The van der Waals surface area contributed by atoms with E-state index in [1.165, 1.54) is 18.5 Å². The maximum atomic E-state index is 12.6. The number of amides is 1. The summed E-state index contributed by atoms with van der Waals surface area (Å²) in [4.78, 5) is 37.2. The number of halogens is 4. The lowest BCUT2D eigenvalue weighted by Gasteiger charge is -2.10. The molecule has 0 unspecified atom stereocenters. The number of rotatable bonds is 5. The van der Waals surface area contributed by atoms with Crippen LogP contribution in [0.2, 0.25) is 0 Å². The number of carbonyl (C=O) groups is 2. The molecule has 0 spiro atoms. The number of anilines is 1. The van der Waals surface area contributed by atoms with Crippen molar-refractivity contribution >= 4 is 39.2 Å². The molecule has 0 aliphatic heterocycles. The van der Waals surface area contributed by atoms with E-state index in [-0.39, 0.29) is 5.56 Å². The average Bonchev–Trinajstić information content (AvgIpc) is 2.58. The second-order valence-corrected chi connectivity index (χ2v) is 5.92. The largest absolute Gasteiger partial charge is 0.452 e. The van der Waals surface area contributed by atoms with Crippen LogP contribution in [0.5, 0.6) is 0 Å². The van der Waals surface area contributed by atoms with E-state index in [1.54, 1.807) is 0 Å². The van der Waals surface area contributed by atoms with Gasteiger partial charge >= 0.3 is 12.1 Å². The van der Waals surface area contributed by atoms with Gasteiger partial charge in [-0.15, -0.1) is 0 Å². The number of alkyl halides is 3. The highest BCUT2D eigenvalue weighted by Crippen LogP contribution is 2.34. The minimum atomic E-state index is -4.78. The minimum Gasteiger partial charge on any atom is -0.452 e. The summed E-state index contributed by atoms with van der Waals surface area (Å²) in [5, 5.41) is 13.0. The molecule has 0 aliphatic carbocycles. The molecule has 12 heteroatoms. The Hall–Kier alpha value is -3.02. The van der Waals surface area contributed by atoms with Crippen LogP contribution in [0.1, 0.15) is 15.9 Å². The van der Waals surface area contributed by atoms with E-state index in [1.807, 2.05) is 5.32 Å². The van der Waals surface area contributed by atoms with Gasteiger partial charge in [-0.25, -0.2) is 4.79 Å². The van der Waals surface area contributed by atoms with Gasteiger partial charge in [-0.1, -0.05) is 0 Å². The predicted octanol–water partition coefficient (Wildman–Crippen LogP) is 3.57. The highest BCUT2D eigenvalue weighted by molar-refractivity contribution is 9.10. The third-order valence-electron chi connectivity index (χ3n) is 3.07. The standard InChI is InChI=1S/C15H9BrF3N3O5/c16-10-3-8(5-20-6-10)14(24)27-7-13(23)21-11-2-1-9(15(17,18)19)4-12(11)22(25)26/h1-6H,7H2,(H,21,23). The molecule has 0 radical (unpaired) electrons. The molecule has 0 saturated carbocycles. The minimum absolute atomic E-state index is 0.0534. The highest BCUT2D eigenvalue weighted by atomic mass is 79.9. The lowest BCUT2D eigenvalue weighted by atomic mass is 10.1. The van der Waals surface area contributed by atoms with Crippen molar-refractivity contribution in [3.63, 3.8) is 0 Å². The number of aromatic nitrogens is 1. The van der Waals surface area contributed by atoms with Gasteiger partial charge in [0.25, 0.3) is 11.6 Å². The van der Waals surface area contributed by atoms with Gasteiger partial charge in [-0.05, 0) is 34.1 Å². The number of esters is 1. The fourth-order valence-electron chi connectivity index (χ4n) is 1.89. The molecule has 0 fully saturated rings. The van der Waals surface area contributed by atoms with Crippen LogP contribution in [0.25, 0.3) is 0 Å². The third kappa shape index (κ3) is 5.48. The summed E-state index contributed by atoms with van der Waals surface area (Å²) in [5.41, 5.74) is -2.59. The van der Waals surface area contributed by atoms with Crippen molar-refractivity contribution in [2.75, 3.05) is 11.9 Å². The smallest absolute Gasteiger partial charge is 0.416 e. The number of benzene rings is 1. The van der Waals surface area contributed by atoms with Gasteiger partial charge < -0.3 is 10.1 Å². The molecule has 0 aliphatic rings. The van der Waals surface area contributed by atoms with Crippen LogP contribution in [-0.2, 0) is 15.7 Å². The summed E-state index contributed by atoms with van der Waals surface area (Å²) < 4.78 is 43.2. The van der Waals surface area contributed by atoms with Gasteiger partial charge in [0.2, 0.25) is 0 Å². The van der Waals surface area contributed by atoms with Crippen molar-refractivity contribution in [1.82, 2.24) is 4.98 Å². The molecular formula is C15H9BrF3N3O5. The van der Waals surface area contributed by atoms with E-state index >= 15 is 0 Å². The van der Waals surface area contributed by atoms with Gasteiger partial charge in [0.1, 0.15) is 5.69 Å². The normalized spacial score (nSPS) is 11.0. The van der Waals surface area contributed by atoms with Gasteiger partial charge in [0.05, 0.1) is 16.1 Å². The molecule has 27 heavy (non-hydrogen) atoms. The van der Waals surface area contributed by atoms with E-state index in [2.05, 4.69) is 20.9 Å². The molecule has 1 heterocycles. The average molecular weight is 448 g/mol. The van der Waals surface area contributed by atoms with Gasteiger partial charge in [-0.3, -0.25) is 19.9 Å². The van der Waals surface area contributed by atoms with Crippen LogP contribution in [0, 0.1) is 10.1 Å². The maximum absolute atomic E-state index is 12.6. The Balaban J connectivity index is 2.07. The second kappa shape index (κ2) is 8.12. The first-order valence-electron chi connectivity index (χ1n) is 7.01. The van der Waals surface area contributed by atoms with Crippen molar-refractivity contribution in [2.24, 2.45) is 0 Å². The van der Waals surface area contributed by atoms with Crippen LogP contribution >= 0.6 is 15.9 Å². The Bertz CT molecular complexity index is 905. The first-order valence-corrected chi connectivity index (χ1v) is 7.80. The topological polar surface area (TPSA) is 111 Å². The zero-order valence-electron chi connectivity index (χ0n) is 13.1. The van der Waals surface area contributed by atoms with Crippen LogP contribution in [-0.4, -0.2) is 28.4 Å². The van der Waals surface area contributed by atoms with Crippen LogP contribution in [0.3, 0.4) is 0 Å². The maximum Gasteiger partial charge on any atom is 0.416 e. The number of nitrogens with zero attached hydrogens (tertiary/aromatic N) is 2. The number of hydrogen-bond donors (Lipinski definition) is 1. The Morgan fingerprint density at radius 3 is 2.56 bits per heavy atom. The molecule has 0 bridgehead atoms. The summed E-state index contributed by atoms with van der Waals surface area (Å²) in [6.07, 6.45) is -2.15. The van der Waals surface area contributed by atoms with Gasteiger partial charge in [0, 0.05) is 22.9 Å². The Kier molecular flexibility index (Phi) is 6.10. The number of nitrogens with one attached hydrogen (secondary N) is 1. The molecule has 1 amide bonds. The zero-order valence-corrected chi connectivity index (χ0v) is 14.7. The van der Waals surface area contributed by atoms with Crippen molar-refractivity contribution in [3.05, 3.63) is 62.4 Å². The molecule has 142 valence electrons. The van der Waals surface area contributed by atoms with E-state index < -0.39 is 46.5 Å². The monoisotopic (exact) mass is 447 g/mol. The number of nitro benzene ring substituents is 1. The molecule has 0 atom stereocenters. The summed E-state index contributed by atoms with van der Waals surface area (Å²) in [6, 6.07) is 3.03. The number of hydrogen-bond acceptors (Lipinski definition) is 6. The summed E-state index contributed by atoms with van der Waals surface area (Å²) in [7, 11) is 0. The second-order valence-electron chi connectivity index (χ2n) is 5.00. The van der Waals surface area contributed by atoms with E-state index in [0.29, 0.717) is 16.6 Å². The number of nitro groups is 1. The summed E-state index contributed by atoms with van der Waals surface area (Å²) in [6.45, 7) is -0.802. The van der Waals surface area contributed by atoms with Crippen molar-refractivity contribution in [1.29, 1.82) is 0 Å². The fraction of sp³-hybridized carbons (Fsp3) is 0.133. The lowest BCUT2D eigenvalue weighted by Crippen LogP contribution is -2.21. The van der Waals surface area contributed by atoms with E-state index in [4.69, 9.17) is 4.74 Å². The van der Waals surface area contributed by atoms with Gasteiger partial charge in [-0.2, -0.15) is 13.2 Å². The molecule has 2 rings (SSSR count). The summed E-state index contributed by atoms with van der Waals surface area (Å²) in [5.74, 6) is -1.84.